The van der Waals surface area contributed by atoms with Crippen molar-refractivity contribution in [1.82, 2.24) is 4.90 Å². The van der Waals surface area contributed by atoms with E-state index in [0.717, 1.165) is 11.3 Å². The molecule has 1 fully saturated rings. The summed E-state index contributed by atoms with van der Waals surface area (Å²) in [4.78, 5) is 13.6. The molecule has 0 saturated heterocycles. The predicted octanol–water partition coefficient (Wildman–Crippen LogP) is 1.85. The van der Waals surface area contributed by atoms with Gasteiger partial charge < -0.3 is 9.32 Å². The highest BCUT2D eigenvalue weighted by Crippen LogP contribution is 2.46. The smallest absolute Gasteiger partial charge is 0.243 e. The zero-order chi connectivity index (χ0) is 11.8. The molecule has 0 unspecified atom stereocenters. The maximum absolute atomic E-state index is 12.0. The third-order valence-electron chi connectivity index (χ3n) is 3.09. The second kappa shape index (κ2) is 3.67. The molecule has 1 aliphatic carbocycles. The van der Waals surface area contributed by atoms with Gasteiger partial charge in [0.25, 0.3) is 0 Å². The Balaban J connectivity index is 2.05. The van der Waals surface area contributed by atoms with E-state index >= 15 is 0 Å². The van der Waals surface area contributed by atoms with Gasteiger partial charge in [-0.05, 0) is 25.8 Å². The van der Waals surface area contributed by atoms with Gasteiger partial charge in [-0.25, -0.2) is 0 Å². The Labute approximate surface area is 94.5 Å². The summed E-state index contributed by atoms with van der Waals surface area (Å²) in [5.41, 5.74) is 0.261. The normalized spacial score (nSPS) is 16.6. The van der Waals surface area contributed by atoms with Gasteiger partial charge in [0.2, 0.25) is 5.91 Å². The van der Waals surface area contributed by atoms with Crippen LogP contribution in [0.5, 0.6) is 0 Å². The summed E-state index contributed by atoms with van der Waals surface area (Å²) in [5.74, 6) is 0.747. The third kappa shape index (κ3) is 1.69. The molecule has 1 saturated carbocycles. The number of nitriles is 1. The van der Waals surface area contributed by atoms with E-state index in [1.54, 1.807) is 18.2 Å². The first-order valence-corrected chi connectivity index (χ1v) is 5.29. The Hall–Kier alpha value is -1.76. The summed E-state index contributed by atoms with van der Waals surface area (Å²) in [6, 6.07) is 3.96. The molecule has 0 bridgehead atoms. The SMILES string of the molecule is Cc1occc1CN(C)C(=O)C1(C#N)CC1. The molecule has 0 aliphatic heterocycles. The van der Waals surface area contributed by atoms with Crippen LogP contribution in [-0.4, -0.2) is 17.9 Å². The largest absolute Gasteiger partial charge is 0.469 e. The zero-order valence-corrected chi connectivity index (χ0v) is 9.49. The maximum atomic E-state index is 12.0. The Morgan fingerprint density at radius 1 is 1.69 bits per heavy atom. The van der Waals surface area contributed by atoms with Crippen molar-refractivity contribution in [1.29, 1.82) is 5.26 Å². The van der Waals surface area contributed by atoms with Crippen molar-refractivity contribution >= 4 is 5.91 Å². The molecule has 1 aromatic rings. The van der Waals surface area contributed by atoms with E-state index in [-0.39, 0.29) is 5.91 Å². The fourth-order valence-corrected chi connectivity index (χ4v) is 1.77. The molecule has 4 nitrogen and oxygen atoms in total. The lowest BCUT2D eigenvalue weighted by molar-refractivity contribution is -0.134. The van der Waals surface area contributed by atoms with Crippen molar-refractivity contribution < 1.29 is 9.21 Å². The maximum Gasteiger partial charge on any atom is 0.243 e. The van der Waals surface area contributed by atoms with E-state index in [0.29, 0.717) is 19.4 Å². The van der Waals surface area contributed by atoms with Gasteiger partial charge in [0.15, 0.2) is 0 Å². The summed E-state index contributed by atoms with van der Waals surface area (Å²) in [6.45, 7) is 2.37. The summed E-state index contributed by atoms with van der Waals surface area (Å²) in [7, 11) is 1.73. The minimum Gasteiger partial charge on any atom is -0.469 e. The van der Waals surface area contributed by atoms with Gasteiger partial charge in [0, 0.05) is 19.2 Å². The lowest BCUT2D eigenvalue weighted by atomic mass is 10.1. The van der Waals surface area contributed by atoms with E-state index in [1.165, 1.54) is 0 Å². The van der Waals surface area contributed by atoms with E-state index in [9.17, 15) is 4.79 Å². The molecule has 0 N–H and O–H groups in total. The number of rotatable bonds is 3. The third-order valence-corrected chi connectivity index (χ3v) is 3.09. The molecule has 1 heterocycles. The molecule has 16 heavy (non-hydrogen) atoms. The topological polar surface area (TPSA) is 57.2 Å². The van der Waals surface area contributed by atoms with Crippen LogP contribution in [-0.2, 0) is 11.3 Å². The van der Waals surface area contributed by atoms with E-state index < -0.39 is 5.41 Å². The van der Waals surface area contributed by atoms with Gasteiger partial charge in [-0.2, -0.15) is 5.26 Å². The molecule has 0 atom stereocenters. The molecule has 1 aromatic heterocycles. The molecule has 84 valence electrons. The molecular weight excluding hydrogens is 204 g/mol. The Morgan fingerprint density at radius 2 is 2.38 bits per heavy atom. The van der Waals surface area contributed by atoms with Gasteiger partial charge in [-0.3, -0.25) is 4.79 Å². The molecule has 2 rings (SSSR count). The average Bonchev–Trinajstić information content (AvgIpc) is 2.99. The highest BCUT2D eigenvalue weighted by Gasteiger charge is 2.51. The van der Waals surface area contributed by atoms with Crippen molar-refractivity contribution in [2.75, 3.05) is 7.05 Å². The first-order valence-electron chi connectivity index (χ1n) is 5.29. The van der Waals surface area contributed by atoms with Gasteiger partial charge in [-0.15, -0.1) is 0 Å². The fraction of sp³-hybridized carbons (Fsp3) is 0.500. The first-order chi connectivity index (χ1) is 7.59. The Kier molecular flexibility index (Phi) is 2.47. The second-order valence-electron chi connectivity index (χ2n) is 4.36. The highest BCUT2D eigenvalue weighted by atomic mass is 16.3. The molecule has 1 aliphatic rings. The van der Waals surface area contributed by atoms with Crippen LogP contribution in [0, 0.1) is 23.7 Å². The van der Waals surface area contributed by atoms with E-state index in [4.69, 9.17) is 9.68 Å². The van der Waals surface area contributed by atoms with Crippen LogP contribution in [0.1, 0.15) is 24.2 Å². The number of hydrogen-bond acceptors (Lipinski definition) is 3. The van der Waals surface area contributed by atoms with E-state index in [2.05, 4.69) is 6.07 Å². The van der Waals surface area contributed by atoms with Crippen molar-refractivity contribution in [3.63, 3.8) is 0 Å². The summed E-state index contributed by atoms with van der Waals surface area (Å²) in [5, 5.41) is 8.94. The molecule has 0 radical (unpaired) electrons. The highest BCUT2D eigenvalue weighted by molar-refractivity contribution is 5.88. The van der Waals surface area contributed by atoms with Crippen LogP contribution in [0.4, 0.5) is 0 Å². The van der Waals surface area contributed by atoms with Gasteiger partial charge in [-0.1, -0.05) is 0 Å². The zero-order valence-electron chi connectivity index (χ0n) is 9.49. The number of carbonyl (C=O) groups excluding carboxylic acids is 1. The van der Waals surface area contributed by atoms with Crippen molar-refractivity contribution in [2.45, 2.75) is 26.3 Å². The van der Waals surface area contributed by atoms with Crippen LogP contribution in [0.25, 0.3) is 0 Å². The fourth-order valence-electron chi connectivity index (χ4n) is 1.77. The number of aryl methyl sites for hydroxylation is 1. The van der Waals surface area contributed by atoms with Crippen LogP contribution in [0.15, 0.2) is 16.7 Å². The predicted molar refractivity (Wildman–Crippen MR) is 57.2 cm³/mol. The minimum atomic E-state index is -0.730. The van der Waals surface area contributed by atoms with Crippen LogP contribution < -0.4 is 0 Å². The quantitative estimate of drug-likeness (QED) is 0.778. The van der Waals surface area contributed by atoms with Crippen LogP contribution in [0.2, 0.25) is 0 Å². The lowest BCUT2D eigenvalue weighted by Gasteiger charge is -2.19. The Bertz CT molecular complexity index is 452. The monoisotopic (exact) mass is 218 g/mol. The van der Waals surface area contributed by atoms with Gasteiger partial charge in [0.1, 0.15) is 11.2 Å². The van der Waals surface area contributed by atoms with Crippen LogP contribution in [0.3, 0.4) is 0 Å². The van der Waals surface area contributed by atoms with Crippen LogP contribution >= 0.6 is 0 Å². The molecule has 1 amide bonds. The number of carbonyl (C=O) groups is 1. The number of hydrogen-bond donors (Lipinski definition) is 0. The minimum absolute atomic E-state index is 0.0735. The molecular formula is C12H14N2O2. The van der Waals surface area contributed by atoms with Crippen molar-refractivity contribution in [2.24, 2.45) is 5.41 Å². The summed E-state index contributed by atoms with van der Waals surface area (Å²) in [6.07, 6.45) is 2.99. The number of amides is 1. The number of furan rings is 1. The van der Waals surface area contributed by atoms with E-state index in [1.807, 2.05) is 13.0 Å². The van der Waals surface area contributed by atoms with Crippen molar-refractivity contribution in [3.8, 4) is 6.07 Å². The lowest BCUT2D eigenvalue weighted by Crippen LogP contribution is -2.33. The van der Waals surface area contributed by atoms with Gasteiger partial charge >= 0.3 is 0 Å². The van der Waals surface area contributed by atoms with Crippen molar-refractivity contribution in [3.05, 3.63) is 23.7 Å². The first kappa shape index (κ1) is 10.7. The molecule has 0 aromatic carbocycles. The summed E-state index contributed by atoms with van der Waals surface area (Å²) < 4.78 is 5.17. The Morgan fingerprint density at radius 3 is 2.81 bits per heavy atom. The second-order valence-corrected chi connectivity index (χ2v) is 4.36. The molecule has 4 heteroatoms. The van der Waals surface area contributed by atoms with Gasteiger partial charge in [0.05, 0.1) is 12.3 Å². The average molecular weight is 218 g/mol. The molecule has 0 spiro atoms. The summed E-state index contributed by atoms with van der Waals surface area (Å²) >= 11 is 0. The standard InChI is InChI=1S/C12H14N2O2/c1-9-10(3-6-16-9)7-14(2)11(15)12(8-13)4-5-12/h3,6H,4-5,7H2,1-2H3. The number of nitrogens with zero attached hydrogens (tertiary/aromatic N) is 2.